The Morgan fingerprint density at radius 3 is 1.50 bits per heavy atom. The van der Waals surface area contributed by atoms with Gasteiger partial charge in [0, 0.05) is 48.3 Å². The molecule has 3 heterocycles. The Labute approximate surface area is 176 Å². The fraction of sp³-hybridized carbons (Fsp3) is 0.125. The number of pyridine rings is 1. The summed E-state index contributed by atoms with van der Waals surface area (Å²) < 4.78 is 5.57. The molecule has 0 radical (unpaired) electrons. The van der Waals surface area contributed by atoms with Crippen molar-refractivity contribution in [2.24, 2.45) is 0 Å². The lowest BCUT2D eigenvalue weighted by Gasteiger charge is -2.24. The fourth-order valence-corrected chi connectivity index (χ4v) is 3.60. The van der Waals surface area contributed by atoms with E-state index < -0.39 is 0 Å². The van der Waals surface area contributed by atoms with Crippen LogP contribution >= 0.6 is 0 Å². The normalized spacial score (nSPS) is 15.4. The molecule has 0 atom stereocenters. The number of para-hydroxylation sites is 2. The van der Waals surface area contributed by atoms with Crippen LogP contribution in [0.1, 0.15) is 0 Å². The van der Waals surface area contributed by atoms with E-state index in [-0.39, 0.29) is 0 Å². The molecule has 150 valence electrons. The van der Waals surface area contributed by atoms with Gasteiger partial charge in [0.05, 0.1) is 7.11 Å². The maximum atomic E-state index is 5.57. The predicted molar refractivity (Wildman–Crippen MR) is 122 cm³/mol. The van der Waals surface area contributed by atoms with Crippen LogP contribution in [0.25, 0.3) is 0 Å². The predicted octanol–water partition coefficient (Wildman–Crippen LogP) is 4.60. The van der Waals surface area contributed by atoms with Gasteiger partial charge in [-0.15, -0.1) is 0 Å². The molecule has 3 aromatic rings. The topological polar surface area (TPSA) is 35.1 Å². The largest absolute Gasteiger partial charge is 0.496 e. The summed E-state index contributed by atoms with van der Waals surface area (Å²) >= 11 is 0. The Hall–Kier alpha value is -3.93. The zero-order valence-corrected chi connectivity index (χ0v) is 16.8. The summed E-state index contributed by atoms with van der Waals surface area (Å²) in [6, 6.07) is 24.6. The molecule has 0 bridgehead atoms. The Kier molecular flexibility index (Phi) is 4.73. The summed E-state index contributed by atoms with van der Waals surface area (Å²) in [6.45, 7) is 1.41. The van der Waals surface area contributed by atoms with Crippen molar-refractivity contribution in [3.05, 3.63) is 97.6 Å². The van der Waals surface area contributed by atoms with Gasteiger partial charge in [0.1, 0.15) is 30.7 Å². The fourth-order valence-electron chi connectivity index (χ4n) is 3.60. The van der Waals surface area contributed by atoms with E-state index >= 15 is 0 Å². The molecule has 1 aromatic heterocycles. The van der Waals surface area contributed by atoms with Crippen LogP contribution in [0.3, 0.4) is 0 Å². The van der Waals surface area contributed by atoms with E-state index in [1.54, 1.807) is 7.11 Å². The second-order valence-corrected chi connectivity index (χ2v) is 7.15. The highest BCUT2D eigenvalue weighted by Gasteiger charge is 2.21. The number of ether oxygens (including phenoxy) is 1. The second-order valence-electron chi connectivity index (χ2n) is 7.15. The number of nitrogens with zero attached hydrogens (tertiary/aromatic N) is 5. The van der Waals surface area contributed by atoms with Crippen molar-refractivity contribution in [3.8, 4) is 5.75 Å². The molecule has 2 aromatic carbocycles. The van der Waals surface area contributed by atoms with Gasteiger partial charge in [-0.25, -0.2) is 4.98 Å². The number of rotatable bonds is 5. The van der Waals surface area contributed by atoms with Gasteiger partial charge in [0.2, 0.25) is 0 Å². The van der Waals surface area contributed by atoms with Gasteiger partial charge in [0.25, 0.3) is 0 Å². The van der Waals surface area contributed by atoms with Crippen LogP contribution in [-0.2, 0) is 0 Å². The second kappa shape index (κ2) is 7.83. The lowest BCUT2D eigenvalue weighted by Crippen LogP contribution is -2.27. The maximum Gasteiger partial charge on any atom is 0.140 e. The molecule has 5 rings (SSSR count). The molecule has 6 nitrogen and oxygen atoms in total. The van der Waals surface area contributed by atoms with E-state index in [0.29, 0.717) is 13.3 Å². The first-order valence-electron chi connectivity index (χ1n) is 9.89. The SMILES string of the molecule is COc1cc(N2C=CN(c3ccccc3)C2)nc(N2C=CN(c3ccccc3)C2)c1. The Balaban J connectivity index is 1.36. The first kappa shape index (κ1) is 18.1. The smallest absolute Gasteiger partial charge is 0.140 e. The molecule has 2 aliphatic heterocycles. The highest BCUT2D eigenvalue weighted by molar-refractivity contribution is 5.63. The molecule has 0 saturated heterocycles. The van der Waals surface area contributed by atoms with Crippen molar-refractivity contribution in [1.29, 1.82) is 0 Å². The third-order valence-corrected chi connectivity index (χ3v) is 5.23. The van der Waals surface area contributed by atoms with Crippen LogP contribution in [0.4, 0.5) is 23.0 Å². The molecule has 6 heteroatoms. The standard InChI is InChI=1S/C24H23N5O/c1-30-22-16-23(28-14-12-26(18-28)20-8-4-2-5-9-20)25-24(17-22)29-15-13-27(19-29)21-10-6-3-7-11-21/h2-17H,18-19H2,1H3. The van der Waals surface area contributed by atoms with E-state index in [1.807, 2.05) is 48.5 Å². The zero-order chi connectivity index (χ0) is 20.3. The highest BCUT2D eigenvalue weighted by Crippen LogP contribution is 2.31. The van der Waals surface area contributed by atoms with Gasteiger partial charge in [-0.2, -0.15) is 0 Å². The Bertz CT molecular complexity index is 986. The summed E-state index contributed by atoms with van der Waals surface area (Å²) in [6.07, 6.45) is 8.25. The summed E-state index contributed by atoms with van der Waals surface area (Å²) in [5.41, 5.74) is 2.31. The molecule has 2 aliphatic rings. The number of hydrogen-bond donors (Lipinski definition) is 0. The Morgan fingerprint density at radius 2 is 1.07 bits per heavy atom. The number of methoxy groups -OCH3 is 1. The van der Waals surface area contributed by atoms with E-state index in [2.05, 4.69) is 68.7 Å². The molecular weight excluding hydrogens is 374 g/mol. The van der Waals surface area contributed by atoms with E-state index in [0.717, 1.165) is 28.8 Å². The van der Waals surface area contributed by atoms with Crippen LogP contribution in [0.5, 0.6) is 5.75 Å². The summed E-state index contributed by atoms with van der Waals surface area (Å²) in [4.78, 5) is 13.5. The van der Waals surface area contributed by atoms with Gasteiger partial charge in [-0.3, -0.25) is 0 Å². The van der Waals surface area contributed by atoms with Crippen LogP contribution in [0.15, 0.2) is 97.6 Å². The molecule has 0 unspecified atom stereocenters. The average Bonchev–Trinajstić information content (AvgIpc) is 3.50. The maximum absolute atomic E-state index is 5.57. The molecule has 0 aliphatic carbocycles. The number of hydrogen-bond acceptors (Lipinski definition) is 6. The summed E-state index contributed by atoms with van der Waals surface area (Å²) in [7, 11) is 1.69. The molecule has 0 saturated carbocycles. The number of aromatic nitrogens is 1. The van der Waals surface area contributed by atoms with E-state index in [4.69, 9.17) is 9.72 Å². The minimum Gasteiger partial charge on any atom is -0.496 e. The van der Waals surface area contributed by atoms with Gasteiger partial charge in [0.15, 0.2) is 0 Å². The van der Waals surface area contributed by atoms with E-state index in [9.17, 15) is 0 Å². The lowest BCUT2D eigenvalue weighted by atomic mass is 10.3. The zero-order valence-electron chi connectivity index (χ0n) is 16.8. The minimum absolute atomic E-state index is 0.704. The quantitative estimate of drug-likeness (QED) is 0.626. The van der Waals surface area contributed by atoms with E-state index in [1.165, 1.54) is 0 Å². The first-order chi connectivity index (χ1) is 14.8. The van der Waals surface area contributed by atoms with Crippen LogP contribution in [0, 0.1) is 0 Å². The van der Waals surface area contributed by atoms with Crippen molar-refractivity contribution in [1.82, 2.24) is 4.98 Å². The average molecular weight is 397 g/mol. The lowest BCUT2D eigenvalue weighted by molar-refractivity contribution is 0.414. The van der Waals surface area contributed by atoms with Crippen molar-refractivity contribution in [2.45, 2.75) is 0 Å². The van der Waals surface area contributed by atoms with Crippen LogP contribution in [0.2, 0.25) is 0 Å². The van der Waals surface area contributed by atoms with Gasteiger partial charge in [-0.1, -0.05) is 36.4 Å². The van der Waals surface area contributed by atoms with Crippen LogP contribution in [-0.4, -0.2) is 25.4 Å². The number of anilines is 4. The minimum atomic E-state index is 0.704. The number of benzene rings is 2. The van der Waals surface area contributed by atoms with Crippen molar-refractivity contribution in [3.63, 3.8) is 0 Å². The molecule has 0 fully saturated rings. The molecule has 30 heavy (non-hydrogen) atoms. The van der Waals surface area contributed by atoms with Gasteiger partial charge < -0.3 is 24.3 Å². The van der Waals surface area contributed by atoms with Gasteiger partial charge in [-0.05, 0) is 24.3 Å². The molecule has 0 spiro atoms. The monoisotopic (exact) mass is 397 g/mol. The molecular formula is C24H23N5O. The highest BCUT2D eigenvalue weighted by atomic mass is 16.5. The van der Waals surface area contributed by atoms with Crippen molar-refractivity contribution < 1.29 is 4.74 Å². The first-order valence-corrected chi connectivity index (χ1v) is 9.89. The third kappa shape index (κ3) is 3.55. The molecule has 0 N–H and O–H groups in total. The molecule has 0 amide bonds. The van der Waals surface area contributed by atoms with Crippen molar-refractivity contribution >= 4 is 23.0 Å². The summed E-state index contributed by atoms with van der Waals surface area (Å²) in [5.74, 6) is 2.49. The Morgan fingerprint density at radius 1 is 0.633 bits per heavy atom. The third-order valence-electron chi connectivity index (χ3n) is 5.23. The van der Waals surface area contributed by atoms with Crippen LogP contribution < -0.4 is 24.3 Å². The van der Waals surface area contributed by atoms with Gasteiger partial charge >= 0.3 is 0 Å². The summed E-state index contributed by atoms with van der Waals surface area (Å²) in [5, 5.41) is 0. The van der Waals surface area contributed by atoms with Crippen molar-refractivity contribution in [2.75, 3.05) is 40.0 Å².